The minimum Gasteiger partial charge on any atom is -0.399 e. The monoisotopic (exact) mass is 282 g/mol. The Labute approximate surface area is 126 Å². The Morgan fingerprint density at radius 3 is 2.24 bits per heavy atom. The Morgan fingerprint density at radius 1 is 1.10 bits per heavy atom. The SMILES string of the molecule is Cc1cccc(C)c1NC(=O)CC(C)c1ccc(N)cc1. The average Bonchev–Trinajstić information content (AvgIpc) is 2.43. The fourth-order valence-electron chi connectivity index (χ4n) is 2.42. The molecule has 0 aromatic heterocycles. The maximum Gasteiger partial charge on any atom is 0.224 e. The maximum absolute atomic E-state index is 12.2. The van der Waals surface area contributed by atoms with Crippen LogP contribution in [-0.2, 0) is 4.79 Å². The smallest absolute Gasteiger partial charge is 0.224 e. The summed E-state index contributed by atoms with van der Waals surface area (Å²) in [7, 11) is 0. The molecule has 1 unspecified atom stereocenters. The standard InChI is InChI=1S/C18H22N2O/c1-12-5-4-6-13(2)18(12)20-17(21)11-14(3)15-7-9-16(19)10-8-15/h4-10,14H,11,19H2,1-3H3,(H,20,21). The Kier molecular flexibility index (Phi) is 4.63. The molecule has 0 fully saturated rings. The molecule has 2 aromatic rings. The number of nitrogens with two attached hydrogens (primary N) is 1. The van der Waals surface area contributed by atoms with Crippen LogP contribution in [0.25, 0.3) is 0 Å². The number of benzene rings is 2. The molecule has 1 amide bonds. The first-order valence-electron chi connectivity index (χ1n) is 7.19. The van der Waals surface area contributed by atoms with Gasteiger partial charge in [0, 0.05) is 17.8 Å². The van der Waals surface area contributed by atoms with Gasteiger partial charge in [0.15, 0.2) is 0 Å². The van der Waals surface area contributed by atoms with Crippen molar-refractivity contribution in [3.8, 4) is 0 Å². The van der Waals surface area contributed by atoms with Crippen molar-refractivity contribution in [2.75, 3.05) is 11.1 Å². The zero-order chi connectivity index (χ0) is 15.4. The van der Waals surface area contributed by atoms with Crippen LogP contribution in [0.5, 0.6) is 0 Å². The number of carbonyl (C=O) groups excluding carboxylic acids is 1. The van der Waals surface area contributed by atoms with Crippen LogP contribution in [0.2, 0.25) is 0 Å². The highest BCUT2D eigenvalue weighted by Gasteiger charge is 2.13. The normalized spacial score (nSPS) is 12.0. The van der Waals surface area contributed by atoms with Crippen molar-refractivity contribution >= 4 is 17.3 Å². The van der Waals surface area contributed by atoms with Crippen molar-refractivity contribution in [2.24, 2.45) is 0 Å². The molecule has 0 aliphatic rings. The summed E-state index contributed by atoms with van der Waals surface area (Å²) in [6.45, 7) is 6.06. The van der Waals surface area contributed by atoms with E-state index in [1.165, 1.54) is 0 Å². The lowest BCUT2D eigenvalue weighted by Crippen LogP contribution is -2.16. The summed E-state index contributed by atoms with van der Waals surface area (Å²) < 4.78 is 0. The summed E-state index contributed by atoms with van der Waals surface area (Å²) >= 11 is 0. The van der Waals surface area contributed by atoms with Crippen molar-refractivity contribution in [1.82, 2.24) is 0 Å². The molecule has 0 aliphatic carbocycles. The molecule has 2 aromatic carbocycles. The molecule has 0 saturated heterocycles. The van der Waals surface area contributed by atoms with Gasteiger partial charge in [-0.1, -0.05) is 37.3 Å². The van der Waals surface area contributed by atoms with Gasteiger partial charge < -0.3 is 11.1 Å². The first-order chi connectivity index (χ1) is 9.97. The number of hydrogen-bond acceptors (Lipinski definition) is 2. The molecule has 3 N–H and O–H groups in total. The molecule has 3 heteroatoms. The van der Waals surface area contributed by atoms with Crippen molar-refractivity contribution in [3.05, 3.63) is 59.2 Å². The molecule has 3 nitrogen and oxygen atoms in total. The number of para-hydroxylation sites is 1. The lowest BCUT2D eigenvalue weighted by Gasteiger charge is -2.15. The van der Waals surface area contributed by atoms with E-state index in [9.17, 15) is 4.79 Å². The number of rotatable bonds is 4. The van der Waals surface area contributed by atoms with Gasteiger partial charge in [-0.05, 0) is 48.6 Å². The second-order valence-electron chi connectivity index (χ2n) is 5.59. The van der Waals surface area contributed by atoms with E-state index in [0.29, 0.717) is 6.42 Å². The number of carbonyl (C=O) groups is 1. The van der Waals surface area contributed by atoms with Gasteiger partial charge in [-0.3, -0.25) is 4.79 Å². The van der Waals surface area contributed by atoms with Crippen molar-refractivity contribution in [1.29, 1.82) is 0 Å². The van der Waals surface area contributed by atoms with Crippen LogP contribution in [0.15, 0.2) is 42.5 Å². The molecule has 0 radical (unpaired) electrons. The van der Waals surface area contributed by atoms with Gasteiger partial charge in [0.05, 0.1) is 0 Å². The minimum absolute atomic E-state index is 0.0386. The third-order valence-electron chi connectivity index (χ3n) is 3.74. The van der Waals surface area contributed by atoms with E-state index in [-0.39, 0.29) is 11.8 Å². The van der Waals surface area contributed by atoms with E-state index in [1.807, 2.05) is 56.3 Å². The topological polar surface area (TPSA) is 55.1 Å². The third kappa shape index (κ3) is 3.85. The lowest BCUT2D eigenvalue weighted by atomic mass is 9.97. The zero-order valence-electron chi connectivity index (χ0n) is 12.8. The molecule has 0 aliphatic heterocycles. The second kappa shape index (κ2) is 6.44. The van der Waals surface area contributed by atoms with Crippen LogP contribution in [0.4, 0.5) is 11.4 Å². The fourth-order valence-corrected chi connectivity index (χ4v) is 2.42. The molecule has 0 saturated carbocycles. The van der Waals surface area contributed by atoms with Gasteiger partial charge in [-0.25, -0.2) is 0 Å². The van der Waals surface area contributed by atoms with Crippen LogP contribution >= 0.6 is 0 Å². The molecule has 110 valence electrons. The van der Waals surface area contributed by atoms with Crippen molar-refractivity contribution in [3.63, 3.8) is 0 Å². The zero-order valence-corrected chi connectivity index (χ0v) is 12.8. The molecule has 0 heterocycles. The number of hydrogen-bond donors (Lipinski definition) is 2. The molecule has 1 atom stereocenters. The van der Waals surface area contributed by atoms with Gasteiger partial charge >= 0.3 is 0 Å². The van der Waals surface area contributed by atoms with Crippen molar-refractivity contribution < 1.29 is 4.79 Å². The average molecular weight is 282 g/mol. The highest BCUT2D eigenvalue weighted by Crippen LogP contribution is 2.23. The number of nitrogen functional groups attached to an aromatic ring is 1. The predicted octanol–water partition coefficient (Wildman–Crippen LogP) is 4.02. The summed E-state index contributed by atoms with van der Waals surface area (Å²) in [6.07, 6.45) is 0.456. The summed E-state index contributed by atoms with van der Waals surface area (Å²) in [5.74, 6) is 0.201. The van der Waals surface area contributed by atoms with E-state index in [2.05, 4.69) is 12.2 Å². The second-order valence-corrected chi connectivity index (χ2v) is 5.59. The molecule has 0 spiro atoms. The molecular weight excluding hydrogens is 260 g/mol. The lowest BCUT2D eigenvalue weighted by molar-refractivity contribution is -0.116. The van der Waals surface area contributed by atoms with E-state index in [0.717, 1.165) is 28.1 Å². The summed E-state index contributed by atoms with van der Waals surface area (Å²) in [6, 6.07) is 13.7. The fraction of sp³-hybridized carbons (Fsp3) is 0.278. The number of nitrogens with one attached hydrogen (secondary N) is 1. The highest BCUT2D eigenvalue weighted by molar-refractivity contribution is 5.92. The summed E-state index contributed by atoms with van der Waals surface area (Å²) in [5.41, 5.74) is 10.6. The first kappa shape index (κ1) is 15.1. The number of aryl methyl sites for hydroxylation is 2. The van der Waals surface area contributed by atoms with Gasteiger partial charge in [-0.2, -0.15) is 0 Å². The molecule has 2 rings (SSSR count). The molecule has 0 bridgehead atoms. The summed E-state index contributed by atoms with van der Waals surface area (Å²) in [5, 5.41) is 3.03. The summed E-state index contributed by atoms with van der Waals surface area (Å²) in [4.78, 5) is 12.2. The van der Waals surface area contributed by atoms with Crippen LogP contribution in [-0.4, -0.2) is 5.91 Å². The minimum atomic E-state index is 0.0386. The highest BCUT2D eigenvalue weighted by atomic mass is 16.1. The van der Waals surface area contributed by atoms with Gasteiger partial charge in [0.2, 0.25) is 5.91 Å². The van der Waals surface area contributed by atoms with Gasteiger partial charge in [0.1, 0.15) is 0 Å². The Balaban J connectivity index is 2.03. The predicted molar refractivity (Wildman–Crippen MR) is 88.4 cm³/mol. The Hall–Kier alpha value is -2.29. The van der Waals surface area contributed by atoms with E-state index in [4.69, 9.17) is 5.73 Å². The van der Waals surface area contributed by atoms with Gasteiger partial charge in [-0.15, -0.1) is 0 Å². The first-order valence-corrected chi connectivity index (χ1v) is 7.19. The maximum atomic E-state index is 12.2. The van der Waals surface area contributed by atoms with Crippen LogP contribution in [0, 0.1) is 13.8 Å². The van der Waals surface area contributed by atoms with E-state index in [1.54, 1.807) is 0 Å². The third-order valence-corrected chi connectivity index (χ3v) is 3.74. The largest absolute Gasteiger partial charge is 0.399 e. The Morgan fingerprint density at radius 2 is 1.67 bits per heavy atom. The quantitative estimate of drug-likeness (QED) is 0.832. The van der Waals surface area contributed by atoms with Crippen LogP contribution in [0.3, 0.4) is 0 Å². The van der Waals surface area contributed by atoms with Crippen LogP contribution < -0.4 is 11.1 Å². The number of anilines is 2. The van der Waals surface area contributed by atoms with E-state index < -0.39 is 0 Å². The Bertz CT molecular complexity index is 612. The molecule has 21 heavy (non-hydrogen) atoms. The van der Waals surface area contributed by atoms with Gasteiger partial charge in [0.25, 0.3) is 0 Å². The van der Waals surface area contributed by atoms with Crippen molar-refractivity contribution in [2.45, 2.75) is 33.1 Å². The number of amides is 1. The van der Waals surface area contributed by atoms with E-state index >= 15 is 0 Å². The molecular formula is C18H22N2O. The van der Waals surface area contributed by atoms with Crippen LogP contribution in [0.1, 0.15) is 36.0 Å².